The molecule has 0 spiro atoms. The van der Waals surface area contributed by atoms with Crippen molar-refractivity contribution in [2.75, 3.05) is 47.5 Å². The van der Waals surface area contributed by atoms with E-state index in [0.29, 0.717) is 17.4 Å². The first kappa shape index (κ1) is 53.8. The minimum absolute atomic E-state index is 0.0343. The molecule has 0 radical (unpaired) electrons. The largest absolute Gasteiger partial charge is 0.472 e. The molecule has 0 saturated heterocycles. The smallest absolute Gasteiger partial charge is 0.462 e. The Balaban J connectivity index is 4.30. The molecule has 0 aromatic heterocycles. The predicted molar refractivity (Wildman–Crippen MR) is 229 cm³/mol. The maximum absolute atomic E-state index is 12.7. The molecule has 0 fully saturated rings. The van der Waals surface area contributed by atoms with E-state index in [-0.39, 0.29) is 32.0 Å². The van der Waals surface area contributed by atoms with Gasteiger partial charge in [-0.3, -0.25) is 18.6 Å². The lowest BCUT2D eigenvalue weighted by molar-refractivity contribution is -0.870. The van der Waals surface area contributed by atoms with Gasteiger partial charge in [-0.1, -0.05) is 174 Å². The SMILES string of the molecule is CCCCCCCC/C=C/CCCCCCCCCC(=O)OC[C@H](COP(=O)(O)OCC[N+](C)(C)C)OC(=O)CCCCCCCCCCCCCCCC. The Morgan fingerprint density at radius 1 is 0.545 bits per heavy atom. The van der Waals surface area contributed by atoms with Crippen molar-refractivity contribution in [3.63, 3.8) is 0 Å². The van der Waals surface area contributed by atoms with Crippen LogP contribution in [0.5, 0.6) is 0 Å². The first-order chi connectivity index (χ1) is 26.5. The first-order valence-corrected chi connectivity index (χ1v) is 24.4. The zero-order valence-corrected chi connectivity index (χ0v) is 37.6. The molecule has 0 amide bonds. The average molecular weight is 803 g/mol. The molecule has 326 valence electrons. The van der Waals surface area contributed by atoms with Crippen LogP contribution in [-0.2, 0) is 32.7 Å². The second-order valence-corrected chi connectivity index (χ2v) is 18.2. The third-order valence-electron chi connectivity index (χ3n) is 10.0. The van der Waals surface area contributed by atoms with Crippen molar-refractivity contribution < 1.29 is 42.1 Å². The van der Waals surface area contributed by atoms with Gasteiger partial charge in [-0.05, 0) is 38.5 Å². The van der Waals surface area contributed by atoms with Gasteiger partial charge in [0.1, 0.15) is 19.8 Å². The number of phosphoric acid groups is 1. The average Bonchev–Trinajstić information content (AvgIpc) is 3.13. The van der Waals surface area contributed by atoms with E-state index in [9.17, 15) is 19.0 Å². The molecule has 0 aromatic rings. The molecule has 55 heavy (non-hydrogen) atoms. The monoisotopic (exact) mass is 803 g/mol. The molecule has 0 aliphatic heterocycles. The molecule has 0 saturated carbocycles. The molecular weight excluding hydrogens is 713 g/mol. The highest BCUT2D eigenvalue weighted by Gasteiger charge is 2.27. The summed E-state index contributed by atoms with van der Waals surface area (Å²) in [6, 6.07) is 0. The van der Waals surface area contributed by atoms with E-state index in [1.807, 2.05) is 21.1 Å². The standard InChI is InChI=1S/C45H88NO8P/c1-6-8-10-12-14-16-18-20-22-23-24-26-27-29-31-33-35-37-44(47)51-41-43(42-53-55(49,50)52-40-39-46(3,4)5)54-45(48)38-36-34-32-30-28-25-21-19-17-15-13-11-9-7-2/h20,22,43H,6-19,21,23-42H2,1-5H3/p+1/b22-20+/t43-/m1/s1. The summed E-state index contributed by atoms with van der Waals surface area (Å²) in [6.07, 6.45) is 39.6. The van der Waals surface area contributed by atoms with Crippen molar-refractivity contribution in [3.8, 4) is 0 Å². The maximum atomic E-state index is 12.7. The fourth-order valence-electron chi connectivity index (χ4n) is 6.42. The number of esters is 2. The predicted octanol–water partition coefficient (Wildman–Crippen LogP) is 13.0. The summed E-state index contributed by atoms with van der Waals surface area (Å²) in [6.45, 7) is 4.44. The zero-order valence-electron chi connectivity index (χ0n) is 36.7. The highest BCUT2D eigenvalue weighted by molar-refractivity contribution is 7.47. The Morgan fingerprint density at radius 3 is 1.35 bits per heavy atom. The zero-order chi connectivity index (χ0) is 40.7. The van der Waals surface area contributed by atoms with E-state index >= 15 is 0 Å². The third-order valence-corrected chi connectivity index (χ3v) is 11.0. The van der Waals surface area contributed by atoms with Crippen LogP contribution in [0.1, 0.15) is 213 Å². The molecule has 0 rings (SSSR count). The van der Waals surface area contributed by atoms with E-state index in [2.05, 4.69) is 26.0 Å². The fourth-order valence-corrected chi connectivity index (χ4v) is 7.16. The van der Waals surface area contributed by atoms with E-state index < -0.39 is 26.5 Å². The maximum Gasteiger partial charge on any atom is 0.472 e. The molecule has 1 unspecified atom stereocenters. The first-order valence-electron chi connectivity index (χ1n) is 22.9. The number of hydrogen-bond acceptors (Lipinski definition) is 7. The van der Waals surface area contributed by atoms with Crippen molar-refractivity contribution >= 4 is 19.8 Å². The summed E-state index contributed by atoms with van der Waals surface area (Å²) in [4.78, 5) is 35.4. The third kappa shape index (κ3) is 42.2. The summed E-state index contributed by atoms with van der Waals surface area (Å²) in [5.74, 6) is -0.793. The van der Waals surface area contributed by atoms with Gasteiger partial charge >= 0.3 is 19.8 Å². The molecular formula is C45H89NO8P+. The van der Waals surface area contributed by atoms with Gasteiger partial charge in [0.05, 0.1) is 27.7 Å². The van der Waals surface area contributed by atoms with Gasteiger partial charge in [0.2, 0.25) is 0 Å². The van der Waals surface area contributed by atoms with Crippen LogP contribution in [0.2, 0.25) is 0 Å². The van der Waals surface area contributed by atoms with Gasteiger partial charge in [0.25, 0.3) is 0 Å². The van der Waals surface area contributed by atoms with Gasteiger partial charge in [0.15, 0.2) is 6.10 Å². The summed E-state index contributed by atoms with van der Waals surface area (Å²) in [5.41, 5.74) is 0. The minimum atomic E-state index is -4.37. The lowest BCUT2D eigenvalue weighted by atomic mass is 10.0. The van der Waals surface area contributed by atoms with Crippen LogP contribution >= 0.6 is 7.82 Å². The number of carbonyl (C=O) groups is 2. The lowest BCUT2D eigenvalue weighted by Crippen LogP contribution is -2.37. The van der Waals surface area contributed by atoms with E-state index in [1.165, 1.54) is 148 Å². The number of quaternary nitrogens is 1. The van der Waals surface area contributed by atoms with Crippen LogP contribution in [-0.4, -0.2) is 74.9 Å². The Hall–Kier alpha value is -1.25. The summed E-state index contributed by atoms with van der Waals surface area (Å²) in [7, 11) is 1.48. The molecule has 0 aliphatic rings. The van der Waals surface area contributed by atoms with Crippen LogP contribution < -0.4 is 0 Å². The molecule has 1 N–H and O–H groups in total. The number of hydrogen-bond donors (Lipinski definition) is 1. The van der Waals surface area contributed by atoms with Gasteiger partial charge in [0, 0.05) is 12.8 Å². The number of carbonyl (C=O) groups excluding carboxylic acids is 2. The highest BCUT2D eigenvalue weighted by Crippen LogP contribution is 2.43. The molecule has 9 nitrogen and oxygen atoms in total. The molecule has 0 bridgehead atoms. The van der Waals surface area contributed by atoms with Crippen LogP contribution in [0.25, 0.3) is 0 Å². The normalized spacial score (nSPS) is 13.6. The quantitative estimate of drug-likeness (QED) is 0.0214. The van der Waals surface area contributed by atoms with E-state index in [0.717, 1.165) is 32.1 Å². The van der Waals surface area contributed by atoms with Crippen molar-refractivity contribution in [2.45, 2.75) is 219 Å². The van der Waals surface area contributed by atoms with Gasteiger partial charge in [-0.25, -0.2) is 4.57 Å². The lowest BCUT2D eigenvalue weighted by Gasteiger charge is -2.24. The van der Waals surface area contributed by atoms with Crippen LogP contribution in [0.4, 0.5) is 0 Å². The minimum Gasteiger partial charge on any atom is -0.462 e. The highest BCUT2D eigenvalue weighted by atomic mass is 31.2. The Labute approximate surface area is 339 Å². The molecule has 0 aromatic carbocycles. The number of ether oxygens (including phenoxy) is 2. The summed E-state index contributed by atoms with van der Waals surface area (Å²) >= 11 is 0. The number of likely N-dealkylation sites (N-methyl/N-ethyl adjacent to an activating group) is 1. The molecule has 0 aliphatic carbocycles. The number of unbranched alkanes of at least 4 members (excludes halogenated alkanes) is 26. The Kier molecular flexibility index (Phi) is 37.4. The summed E-state index contributed by atoms with van der Waals surface area (Å²) < 4.78 is 34.3. The van der Waals surface area contributed by atoms with E-state index in [1.54, 1.807) is 0 Å². The van der Waals surface area contributed by atoms with Crippen LogP contribution in [0.3, 0.4) is 0 Å². The van der Waals surface area contributed by atoms with Gasteiger partial charge in [-0.15, -0.1) is 0 Å². The molecule has 10 heteroatoms. The van der Waals surface area contributed by atoms with Crippen molar-refractivity contribution in [3.05, 3.63) is 12.2 Å². The van der Waals surface area contributed by atoms with E-state index in [4.69, 9.17) is 18.5 Å². The van der Waals surface area contributed by atoms with Crippen molar-refractivity contribution in [1.82, 2.24) is 0 Å². The topological polar surface area (TPSA) is 108 Å². The number of phosphoric ester groups is 1. The molecule has 2 atom stereocenters. The second-order valence-electron chi connectivity index (χ2n) is 16.8. The Bertz CT molecular complexity index is 954. The van der Waals surface area contributed by atoms with Crippen molar-refractivity contribution in [2.24, 2.45) is 0 Å². The van der Waals surface area contributed by atoms with Crippen molar-refractivity contribution in [1.29, 1.82) is 0 Å². The van der Waals surface area contributed by atoms with Crippen LogP contribution in [0.15, 0.2) is 12.2 Å². The van der Waals surface area contributed by atoms with Gasteiger partial charge in [-0.2, -0.15) is 0 Å². The fraction of sp³-hybridized carbons (Fsp3) is 0.911. The second kappa shape index (κ2) is 38.3. The Morgan fingerprint density at radius 2 is 0.927 bits per heavy atom. The van der Waals surface area contributed by atoms with Crippen LogP contribution in [0, 0.1) is 0 Å². The number of nitrogens with zero attached hydrogens (tertiary/aromatic N) is 1. The number of allylic oxidation sites excluding steroid dienone is 2. The molecule has 0 heterocycles. The summed E-state index contributed by atoms with van der Waals surface area (Å²) in [5, 5.41) is 0. The number of rotatable bonds is 42. The van der Waals surface area contributed by atoms with Gasteiger partial charge < -0.3 is 18.9 Å².